The maximum absolute atomic E-state index is 6.26. The number of nitrogens with one attached hydrogen (secondary N) is 1. The highest BCUT2D eigenvalue weighted by Gasteiger charge is 2.20. The van der Waals surface area contributed by atoms with E-state index in [9.17, 15) is 0 Å². The lowest BCUT2D eigenvalue weighted by Crippen LogP contribution is -2.15. The van der Waals surface area contributed by atoms with Gasteiger partial charge in [-0.25, -0.2) is 0 Å². The summed E-state index contributed by atoms with van der Waals surface area (Å²) in [5.41, 5.74) is 1.17. The summed E-state index contributed by atoms with van der Waals surface area (Å²) in [6.45, 7) is 0.853. The van der Waals surface area contributed by atoms with Crippen molar-refractivity contribution < 1.29 is 4.74 Å². The standard InChI is InChI=1S/C16H15Cl2NO/c17-12-2-6-14(7-3-12)20-16-8-1-11(9-15(16)18)10-19-13-4-5-13/h1-3,6-9,13,19H,4-5,10H2. The van der Waals surface area contributed by atoms with Crippen LogP contribution in [0, 0.1) is 0 Å². The van der Waals surface area contributed by atoms with Gasteiger partial charge < -0.3 is 10.1 Å². The Hall–Kier alpha value is -1.22. The fourth-order valence-corrected chi connectivity index (χ4v) is 2.28. The van der Waals surface area contributed by atoms with Gasteiger partial charge in [0.1, 0.15) is 11.5 Å². The van der Waals surface area contributed by atoms with E-state index >= 15 is 0 Å². The summed E-state index contributed by atoms with van der Waals surface area (Å²) in [5.74, 6) is 1.38. The number of hydrogen-bond donors (Lipinski definition) is 1. The van der Waals surface area contributed by atoms with E-state index in [2.05, 4.69) is 5.32 Å². The van der Waals surface area contributed by atoms with Crippen LogP contribution in [0.1, 0.15) is 18.4 Å². The number of rotatable bonds is 5. The van der Waals surface area contributed by atoms with E-state index in [1.807, 2.05) is 30.3 Å². The lowest BCUT2D eigenvalue weighted by molar-refractivity contribution is 0.482. The van der Waals surface area contributed by atoms with Crippen LogP contribution < -0.4 is 10.1 Å². The summed E-state index contributed by atoms with van der Waals surface area (Å²) in [7, 11) is 0. The minimum absolute atomic E-state index is 0.620. The van der Waals surface area contributed by atoms with Crippen LogP contribution in [0.3, 0.4) is 0 Å². The predicted octanol–water partition coefficient (Wildman–Crippen LogP) is 5.04. The average molecular weight is 308 g/mol. The molecule has 0 radical (unpaired) electrons. The molecule has 1 saturated carbocycles. The first-order chi connectivity index (χ1) is 9.70. The molecule has 0 atom stereocenters. The van der Waals surface area contributed by atoms with Crippen LogP contribution in [0.25, 0.3) is 0 Å². The van der Waals surface area contributed by atoms with E-state index < -0.39 is 0 Å². The second-order valence-corrected chi connectivity index (χ2v) is 5.82. The molecule has 1 N–H and O–H groups in total. The fraction of sp³-hybridized carbons (Fsp3) is 0.250. The lowest BCUT2D eigenvalue weighted by atomic mass is 10.2. The molecule has 0 aliphatic heterocycles. The Morgan fingerprint density at radius 3 is 2.45 bits per heavy atom. The van der Waals surface area contributed by atoms with Gasteiger partial charge in [0, 0.05) is 17.6 Å². The summed E-state index contributed by atoms with van der Waals surface area (Å²) < 4.78 is 5.75. The molecule has 0 amide bonds. The highest BCUT2D eigenvalue weighted by atomic mass is 35.5. The molecule has 2 nitrogen and oxygen atoms in total. The van der Waals surface area contributed by atoms with Gasteiger partial charge in [0.2, 0.25) is 0 Å². The molecule has 104 valence electrons. The molecule has 0 saturated heterocycles. The van der Waals surface area contributed by atoms with Gasteiger partial charge in [0.05, 0.1) is 5.02 Å². The van der Waals surface area contributed by atoms with E-state index in [0.717, 1.165) is 12.3 Å². The van der Waals surface area contributed by atoms with Crippen LogP contribution in [-0.4, -0.2) is 6.04 Å². The zero-order chi connectivity index (χ0) is 13.9. The normalized spacial score (nSPS) is 14.3. The van der Waals surface area contributed by atoms with Crippen molar-refractivity contribution in [1.82, 2.24) is 5.32 Å². The van der Waals surface area contributed by atoms with Crippen LogP contribution in [0.4, 0.5) is 0 Å². The second kappa shape index (κ2) is 6.04. The molecule has 4 heteroatoms. The van der Waals surface area contributed by atoms with E-state index in [4.69, 9.17) is 27.9 Å². The van der Waals surface area contributed by atoms with Gasteiger partial charge in [-0.3, -0.25) is 0 Å². The quantitative estimate of drug-likeness (QED) is 0.835. The van der Waals surface area contributed by atoms with Gasteiger partial charge in [0.25, 0.3) is 0 Å². The first-order valence-electron chi connectivity index (χ1n) is 6.66. The van der Waals surface area contributed by atoms with Crippen LogP contribution in [0.15, 0.2) is 42.5 Å². The van der Waals surface area contributed by atoms with Crippen molar-refractivity contribution in [2.45, 2.75) is 25.4 Å². The molecule has 1 aliphatic carbocycles. The molecule has 0 bridgehead atoms. The van der Waals surface area contributed by atoms with Crippen molar-refractivity contribution in [1.29, 1.82) is 0 Å². The summed E-state index contributed by atoms with van der Waals surface area (Å²) in [5, 5.41) is 4.77. The summed E-state index contributed by atoms with van der Waals surface area (Å²) in [6, 6.07) is 13.8. The molecule has 0 unspecified atom stereocenters. The number of benzene rings is 2. The van der Waals surface area contributed by atoms with Crippen LogP contribution >= 0.6 is 23.2 Å². The van der Waals surface area contributed by atoms with Crippen LogP contribution in [0.5, 0.6) is 11.5 Å². The van der Waals surface area contributed by atoms with E-state index in [1.165, 1.54) is 18.4 Å². The molecule has 2 aromatic rings. The zero-order valence-electron chi connectivity index (χ0n) is 10.9. The van der Waals surface area contributed by atoms with Crippen LogP contribution in [0.2, 0.25) is 10.0 Å². The van der Waals surface area contributed by atoms with Crippen molar-refractivity contribution in [3.8, 4) is 11.5 Å². The molecule has 3 rings (SSSR count). The van der Waals surface area contributed by atoms with Gasteiger partial charge in [-0.05, 0) is 54.8 Å². The molecular formula is C16H15Cl2NO. The van der Waals surface area contributed by atoms with Crippen molar-refractivity contribution >= 4 is 23.2 Å². The Morgan fingerprint density at radius 2 is 1.80 bits per heavy atom. The Labute approximate surface area is 128 Å². The SMILES string of the molecule is Clc1ccc(Oc2ccc(CNC3CC3)cc2Cl)cc1. The molecule has 20 heavy (non-hydrogen) atoms. The molecular weight excluding hydrogens is 293 g/mol. The Balaban J connectivity index is 1.68. The van der Waals surface area contributed by atoms with Crippen molar-refractivity contribution in [3.63, 3.8) is 0 Å². The van der Waals surface area contributed by atoms with E-state index in [0.29, 0.717) is 21.8 Å². The summed E-state index contributed by atoms with van der Waals surface area (Å²) in [6.07, 6.45) is 2.57. The fourth-order valence-electron chi connectivity index (χ4n) is 1.92. The molecule has 0 aromatic heterocycles. The number of halogens is 2. The highest BCUT2D eigenvalue weighted by molar-refractivity contribution is 6.32. The monoisotopic (exact) mass is 307 g/mol. The Kier molecular flexibility index (Phi) is 4.16. The highest BCUT2D eigenvalue weighted by Crippen LogP contribution is 2.31. The molecule has 0 spiro atoms. The van der Waals surface area contributed by atoms with Crippen molar-refractivity contribution in [2.75, 3.05) is 0 Å². The lowest BCUT2D eigenvalue weighted by Gasteiger charge is -2.10. The van der Waals surface area contributed by atoms with Gasteiger partial charge in [0.15, 0.2) is 0 Å². The largest absolute Gasteiger partial charge is 0.456 e. The first-order valence-corrected chi connectivity index (χ1v) is 7.41. The van der Waals surface area contributed by atoms with Gasteiger partial charge in [-0.1, -0.05) is 29.3 Å². The Morgan fingerprint density at radius 1 is 1.05 bits per heavy atom. The second-order valence-electron chi connectivity index (χ2n) is 4.98. The minimum Gasteiger partial charge on any atom is -0.456 e. The van der Waals surface area contributed by atoms with Crippen molar-refractivity contribution in [2.24, 2.45) is 0 Å². The molecule has 1 fully saturated rings. The maximum atomic E-state index is 6.26. The van der Waals surface area contributed by atoms with Gasteiger partial charge in [-0.2, -0.15) is 0 Å². The van der Waals surface area contributed by atoms with Gasteiger partial charge >= 0.3 is 0 Å². The third kappa shape index (κ3) is 3.66. The van der Waals surface area contributed by atoms with Crippen molar-refractivity contribution in [3.05, 3.63) is 58.1 Å². The Bertz CT molecular complexity index is 594. The first kappa shape index (κ1) is 13.7. The summed E-state index contributed by atoms with van der Waals surface area (Å²) in [4.78, 5) is 0. The molecule has 1 aliphatic rings. The summed E-state index contributed by atoms with van der Waals surface area (Å²) >= 11 is 12.1. The number of hydrogen-bond acceptors (Lipinski definition) is 2. The third-order valence-electron chi connectivity index (χ3n) is 3.21. The van der Waals surface area contributed by atoms with E-state index in [1.54, 1.807) is 12.1 Å². The molecule has 2 aromatic carbocycles. The van der Waals surface area contributed by atoms with E-state index in [-0.39, 0.29) is 0 Å². The number of ether oxygens (including phenoxy) is 1. The zero-order valence-corrected chi connectivity index (χ0v) is 12.4. The third-order valence-corrected chi connectivity index (χ3v) is 3.76. The minimum atomic E-state index is 0.620. The van der Waals surface area contributed by atoms with Gasteiger partial charge in [-0.15, -0.1) is 0 Å². The smallest absolute Gasteiger partial charge is 0.146 e. The topological polar surface area (TPSA) is 21.3 Å². The predicted molar refractivity (Wildman–Crippen MR) is 82.8 cm³/mol. The maximum Gasteiger partial charge on any atom is 0.146 e. The molecule has 0 heterocycles. The van der Waals surface area contributed by atoms with Crippen LogP contribution in [-0.2, 0) is 6.54 Å². The average Bonchev–Trinajstić information content (AvgIpc) is 3.26.